The number of anilines is 1. The molecule has 1 aliphatic heterocycles. The Morgan fingerprint density at radius 2 is 1.68 bits per heavy atom. The summed E-state index contributed by atoms with van der Waals surface area (Å²) < 4.78 is 77.1. The quantitative estimate of drug-likeness (QED) is 0.0674. The molecule has 60 heavy (non-hydrogen) atoms. The number of rotatable bonds is 24. The number of imide groups is 1. The van der Waals surface area contributed by atoms with Gasteiger partial charge < -0.3 is 34.4 Å². The number of amides is 4. The lowest BCUT2D eigenvalue weighted by molar-refractivity contribution is -0.187. The Hall–Kier alpha value is -4.22. The van der Waals surface area contributed by atoms with Crippen molar-refractivity contribution in [3.8, 4) is 0 Å². The first-order valence-electron chi connectivity index (χ1n) is 21.2. The van der Waals surface area contributed by atoms with Crippen molar-refractivity contribution in [2.75, 3.05) is 58.0 Å². The molecule has 1 saturated heterocycles. The number of nitrogens with one attached hydrogen (secondary N) is 2. The van der Waals surface area contributed by atoms with Crippen molar-refractivity contribution in [3.63, 3.8) is 0 Å². The van der Waals surface area contributed by atoms with Gasteiger partial charge in [-0.1, -0.05) is 50.3 Å². The van der Waals surface area contributed by atoms with E-state index in [4.69, 9.17) is 18.9 Å². The molecule has 2 aromatic rings. The third-order valence-corrected chi connectivity index (χ3v) is 12.1. The third kappa shape index (κ3) is 12.2. The minimum atomic E-state index is -4.80. The van der Waals surface area contributed by atoms with E-state index in [1.54, 1.807) is 12.1 Å². The first kappa shape index (κ1) is 45.3. The normalized spacial score (nSPS) is 21.6. The molecule has 1 radical (unpaired) electrons. The van der Waals surface area contributed by atoms with Crippen LogP contribution >= 0.6 is 0 Å². The fourth-order valence-corrected chi connectivity index (χ4v) is 8.32. The number of ether oxygens (including phenoxy) is 4. The Morgan fingerprint density at radius 3 is 2.40 bits per heavy atom. The molecule has 1 heterocycles. The summed E-state index contributed by atoms with van der Waals surface area (Å²) in [5.41, 5.74) is 0.611. The second kappa shape index (κ2) is 21.0. The van der Waals surface area contributed by atoms with Crippen LogP contribution in [0, 0.1) is 17.7 Å². The van der Waals surface area contributed by atoms with E-state index in [9.17, 15) is 36.7 Å². The standard InChI is InChI=1S/C43H56BF4N4O8/c1-29(43(46,47)48)51(27-31-8-10-34(45)11-9-31)39(54)28-52-40(55)42(60-41(52)56)17-14-32-25-35(12-13-36(32)42)50-44-37-26-33(37)7-4-18-49-38(53)16-20-58-22-24-59-23-21-57-19-15-30-5-2-3-6-30/h8-13,25,29-30,33,37,50H,2-7,14-24,26-28H2,1H3,(H,49,53)/t29-,33?,37?,42?/m0/s1. The largest absolute Gasteiger partial charge is 0.432 e. The van der Waals surface area contributed by atoms with Gasteiger partial charge >= 0.3 is 12.3 Å². The number of benzene rings is 2. The molecule has 2 aromatic carbocycles. The predicted octanol–water partition coefficient (Wildman–Crippen LogP) is 6.68. The molecule has 1 spiro atoms. The average molecular weight is 844 g/mol. The highest BCUT2D eigenvalue weighted by Crippen LogP contribution is 2.48. The third-order valence-electron chi connectivity index (χ3n) is 12.1. The van der Waals surface area contributed by atoms with Crippen LogP contribution in [0.4, 0.5) is 28.0 Å². The van der Waals surface area contributed by atoms with Gasteiger partial charge in [0.15, 0.2) is 0 Å². The van der Waals surface area contributed by atoms with Crippen LogP contribution < -0.4 is 10.5 Å². The van der Waals surface area contributed by atoms with Crippen LogP contribution in [0.5, 0.6) is 0 Å². The predicted molar refractivity (Wildman–Crippen MR) is 214 cm³/mol. The van der Waals surface area contributed by atoms with Crippen molar-refractivity contribution in [2.45, 2.75) is 108 Å². The van der Waals surface area contributed by atoms with Gasteiger partial charge in [0.25, 0.3) is 5.91 Å². The molecule has 2 saturated carbocycles. The summed E-state index contributed by atoms with van der Waals surface area (Å²) in [5, 5.41) is 6.29. The van der Waals surface area contributed by atoms with E-state index in [0.717, 1.165) is 68.5 Å². The Morgan fingerprint density at radius 1 is 0.983 bits per heavy atom. The number of fused-ring (bicyclic) bond motifs is 2. The van der Waals surface area contributed by atoms with Crippen LogP contribution in [0.1, 0.15) is 87.8 Å². The fourth-order valence-electron chi connectivity index (χ4n) is 8.32. The summed E-state index contributed by atoms with van der Waals surface area (Å²) in [7, 11) is 2.04. The number of carbonyl (C=O) groups is 4. The second-order valence-corrected chi connectivity index (χ2v) is 16.3. The van der Waals surface area contributed by atoms with Crippen LogP contribution in [-0.2, 0) is 51.9 Å². The van der Waals surface area contributed by atoms with Gasteiger partial charge in [0.05, 0.1) is 33.0 Å². The molecule has 17 heteroatoms. The minimum absolute atomic E-state index is 0.0402. The summed E-state index contributed by atoms with van der Waals surface area (Å²) in [6, 6.07) is 7.77. The van der Waals surface area contributed by atoms with E-state index in [1.165, 1.54) is 37.8 Å². The first-order valence-corrected chi connectivity index (χ1v) is 21.2. The van der Waals surface area contributed by atoms with E-state index >= 15 is 0 Å². The van der Waals surface area contributed by atoms with Gasteiger partial charge in [0.2, 0.25) is 24.8 Å². The van der Waals surface area contributed by atoms with Crippen molar-refractivity contribution < 1.29 is 55.7 Å². The average Bonchev–Trinajstić information content (AvgIpc) is 3.47. The molecule has 2 N–H and O–H groups in total. The summed E-state index contributed by atoms with van der Waals surface area (Å²) in [6.45, 7) is 3.14. The Balaban J connectivity index is 0.854. The maximum absolute atomic E-state index is 13.8. The summed E-state index contributed by atoms with van der Waals surface area (Å²) in [5.74, 6) is -0.842. The molecule has 4 aliphatic rings. The molecule has 3 aliphatic carbocycles. The maximum atomic E-state index is 13.8. The van der Waals surface area contributed by atoms with Crippen molar-refractivity contribution in [1.82, 2.24) is 15.1 Å². The van der Waals surface area contributed by atoms with Gasteiger partial charge in [-0.3, -0.25) is 14.4 Å². The molecule has 12 nitrogen and oxygen atoms in total. The molecule has 0 bridgehead atoms. The molecule has 327 valence electrons. The number of nitrogens with zero attached hydrogens (tertiary/aromatic N) is 2. The maximum Gasteiger partial charge on any atom is 0.418 e. The Bertz CT molecular complexity index is 1780. The lowest BCUT2D eigenvalue weighted by Gasteiger charge is -2.31. The smallest absolute Gasteiger partial charge is 0.418 e. The lowest BCUT2D eigenvalue weighted by Crippen LogP contribution is -2.51. The second-order valence-electron chi connectivity index (χ2n) is 16.3. The van der Waals surface area contributed by atoms with E-state index in [1.807, 2.05) is 13.5 Å². The number of halogens is 4. The molecule has 3 unspecified atom stereocenters. The van der Waals surface area contributed by atoms with Gasteiger partial charge in [-0.2, -0.15) is 13.2 Å². The molecular weight excluding hydrogens is 787 g/mol. The molecule has 3 fully saturated rings. The van der Waals surface area contributed by atoms with Gasteiger partial charge in [0.1, 0.15) is 18.4 Å². The topological polar surface area (TPSA) is 136 Å². The molecular formula is C43H56BF4N4O8. The monoisotopic (exact) mass is 843 g/mol. The Kier molecular flexibility index (Phi) is 15.9. The van der Waals surface area contributed by atoms with E-state index in [2.05, 4.69) is 10.5 Å². The summed E-state index contributed by atoms with van der Waals surface area (Å²) in [6.07, 6.45) is 4.31. The molecule has 0 aromatic heterocycles. The number of hydrogen-bond acceptors (Lipinski definition) is 9. The van der Waals surface area contributed by atoms with Crippen LogP contribution in [0.3, 0.4) is 0 Å². The number of hydrogen-bond donors (Lipinski definition) is 2. The highest BCUT2D eigenvalue weighted by Gasteiger charge is 2.58. The summed E-state index contributed by atoms with van der Waals surface area (Å²) in [4.78, 5) is 53.4. The van der Waals surface area contributed by atoms with E-state index in [0.29, 0.717) is 79.5 Å². The SMILES string of the molecule is C[C@H](N(Cc1ccc(F)cc1)C(=O)CN1C(=O)OC2(CCc3cc(N[B]C4CC4CCCNC(=O)CCOCCOCCOCCC4CCCC4)ccc32)C1=O)C(F)(F)F. The molecule has 4 amide bonds. The zero-order valence-electron chi connectivity index (χ0n) is 34.2. The number of alkyl halides is 3. The van der Waals surface area contributed by atoms with E-state index < -0.39 is 54.6 Å². The zero-order chi connectivity index (χ0) is 42.7. The highest BCUT2D eigenvalue weighted by atomic mass is 19.4. The van der Waals surface area contributed by atoms with E-state index in [-0.39, 0.29) is 17.9 Å². The van der Waals surface area contributed by atoms with Crippen molar-refractivity contribution in [3.05, 3.63) is 65.0 Å². The molecule has 4 atom stereocenters. The fraction of sp³-hybridized carbons (Fsp3) is 0.628. The van der Waals surface area contributed by atoms with Crippen LogP contribution in [0.15, 0.2) is 42.5 Å². The zero-order valence-corrected chi connectivity index (χ0v) is 34.2. The number of carbonyl (C=O) groups excluding carboxylic acids is 4. The van der Waals surface area contributed by atoms with Crippen molar-refractivity contribution in [2.24, 2.45) is 11.8 Å². The summed E-state index contributed by atoms with van der Waals surface area (Å²) >= 11 is 0. The highest BCUT2D eigenvalue weighted by molar-refractivity contribution is 6.43. The minimum Gasteiger partial charge on any atom is -0.432 e. The van der Waals surface area contributed by atoms with Crippen molar-refractivity contribution in [1.29, 1.82) is 0 Å². The van der Waals surface area contributed by atoms with Gasteiger partial charge in [-0.15, -0.1) is 0 Å². The van der Waals surface area contributed by atoms with Crippen molar-refractivity contribution >= 4 is 36.9 Å². The number of aryl methyl sites for hydroxylation is 1. The molecule has 6 rings (SSSR count). The van der Waals surface area contributed by atoms with Crippen LogP contribution in [-0.4, -0.2) is 106 Å². The lowest BCUT2D eigenvalue weighted by atomic mass is 9.83. The van der Waals surface area contributed by atoms with Gasteiger partial charge in [-0.05, 0) is 85.7 Å². The van der Waals surface area contributed by atoms with Crippen LogP contribution in [0.2, 0.25) is 5.82 Å². The van der Waals surface area contributed by atoms with Crippen LogP contribution in [0.25, 0.3) is 0 Å². The first-order chi connectivity index (χ1) is 28.8. The Labute approximate surface area is 349 Å². The van der Waals surface area contributed by atoms with Gasteiger partial charge in [-0.25, -0.2) is 14.1 Å². The van der Waals surface area contributed by atoms with Gasteiger partial charge in [0, 0.05) is 43.8 Å².